The Balaban J connectivity index is 1.77. The first-order valence-electron chi connectivity index (χ1n) is 10.7. The summed E-state index contributed by atoms with van der Waals surface area (Å²) in [6.45, 7) is 1.35. The fraction of sp³-hybridized carbons (Fsp3) is 0.240. The lowest BCUT2D eigenvalue weighted by Gasteiger charge is -2.26. The van der Waals surface area contributed by atoms with Crippen LogP contribution < -0.4 is 5.32 Å². The predicted molar refractivity (Wildman–Crippen MR) is 119 cm³/mol. The summed E-state index contributed by atoms with van der Waals surface area (Å²) in [4.78, 5) is 16.7. The van der Waals surface area contributed by atoms with Gasteiger partial charge in [0.15, 0.2) is 0 Å². The van der Waals surface area contributed by atoms with E-state index >= 15 is 0 Å². The van der Waals surface area contributed by atoms with Crippen molar-refractivity contribution in [1.82, 2.24) is 14.9 Å². The van der Waals surface area contributed by atoms with Gasteiger partial charge in [-0.1, -0.05) is 36.4 Å². The molecule has 0 bridgehead atoms. The zero-order valence-corrected chi connectivity index (χ0v) is 16.5. The largest absolute Gasteiger partial charge is 0.358 e. The molecule has 5 aromatic rings. The van der Waals surface area contributed by atoms with E-state index in [0.29, 0.717) is 6.54 Å². The molecule has 30 heavy (non-hydrogen) atoms. The summed E-state index contributed by atoms with van der Waals surface area (Å²) in [5, 5.41) is 7.58. The van der Waals surface area contributed by atoms with E-state index in [1.165, 1.54) is 5.39 Å². The number of hydrogen-bond donors (Lipinski definition) is 2. The van der Waals surface area contributed by atoms with E-state index in [4.69, 9.17) is 4.74 Å². The van der Waals surface area contributed by atoms with Crippen molar-refractivity contribution in [3.63, 3.8) is 0 Å². The zero-order chi connectivity index (χ0) is 19.8. The average molecular weight is 395 g/mol. The maximum atomic E-state index is 13.0. The molecule has 5 nitrogen and oxygen atoms in total. The first-order chi connectivity index (χ1) is 14.8. The van der Waals surface area contributed by atoms with Crippen LogP contribution >= 0.6 is 0 Å². The van der Waals surface area contributed by atoms with Gasteiger partial charge in [0, 0.05) is 40.2 Å². The van der Waals surface area contributed by atoms with Crippen LogP contribution in [-0.4, -0.2) is 22.1 Å². The first kappa shape index (κ1) is 16.5. The SMILES string of the molecule is O=C1NCc2c1c1c3ccccc3n(C3CCCCO3)c1c1[nH]c3ccccc3c21. The molecule has 1 saturated heterocycles. The molecule has 1 amide bonds. The molecular weight excluding hydrogens is 374 g/mol. The maximum Gasteiger partial charge on any atom is 0.252 e. The van der Waals surface area contributed by atoms with Crippen LogP contribution in [-0.2, 0) is 11.3 Å². The van der Waals surface area contributed by atoms with E-state index in [0.717, 1.165) is 75.2 Å². The topological polar surface area (TPSA) is 59.1 Å². The van der Waals surface area contributed by atoms with Gasteiger partial charge in [0.25, 0.3) is 5.91 Å². The van der Waals surface area contributed by atoms with Crippen molar-refractivity contribution in [2.45, 2.75) is 32.0 Å². The molecular formula is C25H21N3O2. The predicted octanol–water partition coefficient (Wildman–Crippen LogP) is 5.37. The van der Waals surface area contributed by atoms with E-state index in [1.807, 2.05) is 0 Å². The number of carbonyl (C=O) groups is 1. The standard InChI is InChI=1S/C25H21N3O2/c29-25-22-16(13-26-25)20-14-7-1-3-9-17(14)27-23(20)24-21(22)15-8-2-4-10-18(15)28(24)19-11-5-6-12-30-19/h1-4,7-10,19,27H,5-6,11-13H2,(H,26,29). The molecule has 2 aliphatic rings. The number of ether oxygens (including phenoxy) is 1. The number of nitrogens with zero attached hydrogens (tertiary/aromatic N) is 1. The highest BCUT2D eigenvalue weighted by atomic mass is 16.5. The summed E-state index contributed by atoms with van der Waals surface area (Å²) in [6, 6.07) is 16.8. The van der Waals surface area contributed by atoms with E-state index in [9.17, 15) is 4.79 Å². The van der Waals surface area contributed by atoms with Gasteiger partial charge in [-0.15, -0.1) is 0 Å². The van der Waals surface area contributed by atoms with Crippen LogP contribution in [0.25, 0.3) is 43.6 Å². The Hall–Kier alpha value is -3.31. The Labute approximate surface area is 172 Å². The molecule has 1 atom stereocenters. The Bertz CT molecular complexity index is 1500. The van der Waals surface area contributed by atoms with E-state index < -0.39 is 0 Å². The number of nitrogens with one attached hydrogen (secondary N) is 2. The lowest BCUT2D eigenvalue weighted by Crippen LogP contribution is -2.18. The van der Waals surface area contributed by atoms with Gasteiger partial charge in [-0.25, -0.2) is 0 Å². The van der Waals surface area contributed by atoms with Gasteiger partial charge in [-0.3, -0.25) is 4.79 Å². The number of para-hydroxylation sites is 2. The second-order valence-corrected chi connectivity index (χ2v) is 8.39. The molecule has 7 rings (SSSR count). The molecule has 3 aromatic carbocycles. The molecule has 4 heterocycles. The van der Waals surface area contributed by atoms with E-state index in [2.05, 4.69) is 63.4 Å². The fourth-order valence-corrected chi connectivity index (χ4v) is 5.58. The molecule has 2 aromatic heterocycles. The summed E-state index contributed by atoms with van der Waals surface area (Å²) < 4.78 is 8.60. The van der Waals surface area contributed by atoms with E-state index in [1.54, 1.807) is 0 Å². The second kappa shape index (κ2) is 5.86. The molecule has 0 aliphatic carbocycles. The lowest BCUT2D eigenvalue weighted by atomic mass is 9.97. The highest BCUT2D eigenvalue weighted by molar-refractivity contribution is 6.30. The molecule has 0 spiro atoms. The minimum Gasteiger partial charge on any atom is -0.358 e. The van der Waals surface area contributed by atoms with Gasteiger partial charge < -0.3 is 19.6 Å². The summed E-state index contributed by atoms with van der Waals surface area (Å²) >= 11 is 0. The molecule has 2 aliphatic heterocycles. The van der Waals surface area contributed by atoms with Crippen LogP contribution in [0.2, 0.25) is 0 Å². The number of H-pyrrole nitrogens is 1. The van der Waals surface area contributed by atoms with Crippen molar-refractivity contribution in [3.8, 4) is 0 Å². The van der Waals surface area contributed by atoms with Crippen LogP contribution in [0, 0.1) is 0 Å². The van der Waals surface area contributed by atoms with Crippen LogP contribution in [0.4, 0.5) is 0 Å². The van der Waals surface area contributed by atoms with Crippen molar-refractivity contribution < 1.29 is 9.53 Å². The average Bonchev–Trinajstić information content (AvgIpc) is 3.45. The normalized spacial score (nSPS) is 19.2. The Morgan fingerprint density at radius 2 is 1.80 bits per heavy atom. The summed E-state index contributed by atoms with van der Waals surface area (Å²) in [5.41, 5.74) is 6.35. The molecule has 1 unspecified atom stereocenters. The number of aromatic amines is 1. The smallest absolute Gasteiger partial charge is 0.252 e. The minimum absolute atomic E-state index is 0.0155. The van der Waals surface area contributed by atoms with Crippen molar-refractivity contribution in [2.75, 3.05) is 6.61 Å². The Kier molecular flexibility index (Phi) is 3.22. The van der Waals surface area contributed by atoms with Crippen LogP contribution in [0.15, 0.2) is 48.5 Å². The molecule has 2 N–H and O–H groups in total. The number of amides is 1. The van der Waals surface area contributed by atoms with Gasteiger partial charge in [0.2, 0.25) is 0 Å². The van der Waals surface area contributed by atoms with Crippen molar-refractivity contribution in [1.29, 1.82) is 0 Å². The third-order valence-electron chi connectivity index (χ3n) is 6.80. The van der Waals surface area contributed by atoms with Gasteiger partial charge in [-0.2, -0.15) is 0 Å². The zero-order valence-electron chi connectivity index (χ0n) is 16.5. The molecule has 1 fully saturated rings. The molecule has 0 radical (unpaired) electrons. The number of rotatable bonds is 1. The first-order valence-corrected chi connectivity index (χ1v) is 10.7. The number of carbonyl (C=O) groups excluding carboxylic acids is 1. The van der Waals surface area contributed by atoms with Gasteiger partial charge in [0.05, 0.1) is 22.1 Å². The van der Waals surface area contributed by atoms with Gasteiger partial charge in [-0.05, 0) is 37.0 Å². The lowest BCUT2D eigenvalue weighted by molar-refractivity contribution is -0.0266. The molecule has 0 saturated carbocycles. The monoisotopic (exact) mass is 395 g/mol. The second-order valence-electron chi connectivity index (χ2n) is 8.39. The fourth-order valence-electron chi connectivity index (χ4n) is 5.58. The molecule has 5 heteroatoms. The number of benzene rings is 3. The van der Waals surface area contributed by atoms with Crippen LogP contribution in [0.5, 0.6) is 0 Å². The van der Waals surface area contributed by atoms with Crippen molar-refractivity contribution in [3.05, 3.63) is 59.7 Å². The summed E-state index contributed by atoms with van der Waals surface area (Å²) in [7, 11) is 0. The number of aromatic nitrogens is 2. The number of hydrogen-bond acceptors (Lipinski definition) is 2. The van der Waals surface area contributed by atoms with E-state index in [-0.39, 0.29) is 12.1 Å². The van der Waals surface area contributed by atoms with Gasteiger partial charge >= 0.3 is 0 Å². The van der Waals surface area contributed by atoms with Crippen molar-refractivity contribution in [2.24, 2.45) is 0 Å². The third-order valence-corrected chi connectivity index (χ3v) is 6.80. The van der Waals surface area contributed by atoms with Crippen molar-refractivity contribution >= 4 is 49.5 Å². The van der Waals surface area contributed by atoms with Gasteiger partial charge in [0.1, 0.15) is 6.23 Å². The van der Waals surface area contributed by atoms with Crippen LogP contribution in [0.3, 0.4) is 0 Å². The highest BCUT2D eigenvalue weighted by Gasteiger charge is 2.32. The minimum atomic E-state index is -0.0155. The summed E-state index contributed by atoms with van der Waals surface area (Å²) in [6.07, 6.45) is 3.23. The Morgan fingerprint density at radius 1 is 0.967 bits per heavy atom. The Morgan fingerprint density at radius 3 is 2.67 bits per heavy atom. The summed E-state index contributed by atoms with van der Waals surface area (Å²) in [5.74, 6) is 0.0228. The quantitative estimate of drug-likeness (QED) is 0.401. The maximum absolute atomic E-state index is 13.0. The highest BCUT2D eigenvalue weighted by Crippen LogP contribution is 2.45. The number of fused-ring (bicyclic) bond motifs is 10. The van der Waals surface area contributed by atoms with Crippen LogP contribution in [0.1, 0.15) is 41.4 Å². The molecule has 148 valence electrons. The third kappa shape index (κ3) is 1.98.